The summed E-state index contributed by atoms with van der Waals surface area (Å²) in [5, 5.41) is 0. The molecule has 4 nitrogen and oxygen atoms in total. The standard InChI is InChI=1S/C13H21N3O/c1-10-5-6-11(9-15-10)13(16-14)8-12-4-2-3-7-17-12/h5-6,9,12-13,16H,2-4,7-8,14H2,1H3. The van der Waals surface area contributed by atoms with Gasteiger partial charge in [0.2, 0.25) is 0 Å². The monoisotopic (exact) mass is 235 g/mol. The highest BCUT2D eigenvalue weighted by Gasteiger charge is 2.20. The highest BCUT2D eigenvalue weighted by molar-refractivity contribution is 5.17. The van der Waals surface area contributed by atoms with Crippen molar-refractivity contribution in [3.05, 3.63) is 29.6 Å². The highest BCUT2D eigenvalue weighted by atomic mass is 16.5. The average molecular weight is 235 g/mol. The quantitative estimate of drug-likeness (QED) is 0.617. The molecule has 0 bridgehead atoms. The molecule has 2 atom stereocenters. The number of nitrogens with one attached hydrogen (secondary N) is 1. The van der Waals surface area contributed by atoms with Gasteiger partial charge in [-0.25, -0.2) is 0 Å². The van der Waals surface area contributed by atoms with Crippen molar-refractivity contribution in [2.75, 3.05) is 6.61 Å². The smallest absolute Gasteiger partial charge is 0.0593 e. The Labute approximate surface area is 103 Å². The minimum atomic E-state index is 0.131. The number of hydrazine groups is 1. The van der Waals surface area contributed by atoms with Gasteiger partial charge in [-0.2, -0.15) is 0 Å². The third kappa shape index (κ3) is 3.49. The Morgan fingerprint density at radius 2 is 2.41 bits per heavy atom. The van der Waals surface area contributed by atoms with Crippen LogP contribution in [0.4, 0.5) is 0 Å². The Morgan fingerprint density at radius 3 is 3.00 bits per heavy atom. The van der Waals surface area contributed by atoms with E-state index < -0.39 is 0 Å². The van der Waals surface area contributed by atoms with Crippen molar-refractivity contribution in [3.63, 3.8) is 0 Å². The Bertz CT molecular complexity index is 333. The van der Waals surface area contributed by atoms with Crippen LogP contribution in [0.2, 0.25) is 0 Å². The van der Waals surface area contributed by atoms with E-state index in [0.717, 1.165) is 30.7 Å². The fourth-order valence-electron chi connectivity index (χ4n) is 2.24. The van der Waals surface area contributed by atoms with Crippen molar-refractivity contribution in [2.45, 2.75) is 44.8 Å². The van der Waals surface area contributed by atoms with Crippen molar-refractivity contribution >= 4 is 0 Å². The van der Waals surface area contributed by atoms with E-state index in [4.69, 9.17) is 10.6 Å². The molecule has 3 N–H and O–H groups in total. The Balaban J connectivity index is 1.97. The maximum absolute atomic E-state index is 5.74. The van der Waals surface area contributed by atoms with Crippen LogP contribution in [0.25, 0.3) is 0 Å². The van der Waals surface area contributed by atoms with Gasteiger partial charge < -0.3 is 4.74 Å². The van der Waals surface area contributed by atoms with Crippen LogP contribution in [-0.4, -0.2) is 17.7 Å². The zero-order valence-electron chi connectivity index (χ0n) is 10.4. The van der Waals surface area contributed by atoms with Crippen LogP contribution in [-0.2, 0) is 4.74 Å². The van der Waals surface area contributed by atoms with Gasteiger partial charge in [0.05, 0.1) is 6.10 Å². The molecule has 0 aliphatic carbocycles. The molecule has 0 spiro atoms. The number of nitrogens with zero attached hydrogens (tertiary/aromatic N) is 1. The summed E-state index contributed by atoms with van der Waals surface area (Å²) in [7, 11) is 0. The van der Waals surface area contributed by atoms with Crippen LogP contribution in [0.3, 0.4) is 0 Å². The van der Waals surface area contributed by atoms with E-state index in [1.54, 1.807) is 0 Å². The number of hydrogen-bond donors (Lipinski definition) is 2. The summed E-state index contributed by atoms with van der Waals surface area (Å²) in [5.74, 6) is 5.63. The summed E-state index contributed by atoms with van der Waals surface area (Å²) in [6.07, 6.45) is 6.71. The van der Waals surface area contributed by atoms with Crippen LogP contribution in [0.15, 0.2) is 18.3 Å². The van der Waals surface area contributed by atoms with Gasteiger partial charge in [-0.3, -0.25) is 16.3 Å². The van der Waals surface area contributed by atoms with Gasteiger partial charge in [0.1, 0.15) is 0 Å². The summed E-state index contributed by atoms with van der Waals surface area (Å²) in [6, 6.07) is 4.23. The molecule has 0 amide bonds. The van der Waals surface area contributed by atoms with E-state index in [9.17, 15) is 0 Å². The fraction of sp³-hybridized carbons (Fsp3) is 0.615. The molecular weight excluding hydrogens is 214 g/mol. The molecule has 2 heterocycles. The molecule has 94 valence electrons. The minimum Gasteiger partial charge on any atom is -0.378 e. The third-order valence-corrected chi connectivity index (χ3v) is 3.31. The van der Waals surface area contributed by atoms with Gasteiger partial charge in [0.25, 0.3) is 0 Å². The third-order valence-electron chi connectivity index (χ3n) is 3.31. The first-order valence-corrected chi connectivity index (χ1v) is 6.30. The summed E-state index contributed by atoms with van der Waals surface area (Å²) < 4.78 is 5.74. The fourth-order valence-corrected chi connectivity index (χ4v) is 2.24. The lowest BCUT2D eigenvalue weighted by atomic mass is 9.98. The van der Waals surface area contributed by atoms with E-state index in [1.165, 1.54) is 12.8 Å². The summed E-state index contributed by atoms with van der Waals surface area (Å²) in [5.41, 5.74) is 5.02. The number of aryl methyl sites for hydroxylation is 1. The van der Waals surface area contributed by atoms with Crippen LogP contribution in [0, 0.1) is 6.92 Å². The first kappa shape index (κ1) is 12.5. The first-order chi connectivity index (χ1) is 8.29. The number of ether oxygens (including phenoxy) is 1. The van der Waals surface area contributed by atoms with Crippen LogP contribution >= 0.6 is 0 Å². The van der Waals surface area contributed by atoms with E-state index in [0.29, 0.717) is 6.10 Å². The van der Waals surface area contributed by atoms with E-state index in [-0.39, 0.29) is 6.04 Å². The van der Waals surface area contributed by atoms with E-state index in [1.807, 2.05) is 19.2 Å². The van der Waals surface area contributed by atoms with Gasteiger partial charge >= 0.3 is 0 Å². The molecule has 17 heavy (non-hydrogen) atoms. The number of pyridine rings is 1. The first-order valence-electron chi connectivity index (χ1n) is 6.30. The van der Waals surface area contributed by atoms with Crippen LogP contribution in [0.1, 0.15) is 43.0 Å². The van der Waals surface area contributed by atoms with Gasteiger partial charge in [-0.15, -0.1) is 0 Å². The number of nitrogens with two attached hydrogens (primary N) is 1. The summed E-state index contributed by atoms with van der Waals surface area (Å²) in [4.78, 5) is 4.30. The summed E-state index contributed by atoms with van der Waals surface area (Å²) in [6.45, 7) is 2.87. The maximum atomic E-state index is 5.74. The largest absolute Gasteiger partial charge is 0.378 e. The summed E-state index contributed by atoms with van der Waals surface area (Å²) >= 11 is 0. The highest BCUT2D eigenvalue weighted by Crippen LogP contribution is 2.24. The van der Waals surface area contributed by atoms with Gasteiger partial charge in [-0.1, -0.05) is 6.07 Å². The molecule has 1 aliphatic heterocycles. The zero-order chi connectivity index (χ0) is 12.1. The van der Waals surface area contributed by atoms with Crippen LogP contribution in [0.5, 0.6) is 0 Å². The van der Waals surface area contributed by atoms with Crippen molar-refractivity contribution in [1.29, 1.82) is 0 Å². The van der Waals surface area contributed by atoms with Crippen LogP contribution < -0.4 is 11.3 Å². The molecule has 1 aromatic rings. The average Bonchev–Trinajstić information content (AvgIpc) is 2.38. The number of hydrogen-bond acceptors (Lipinski definition) is 4. The van der Waals surface area contributed by atoms with Gasteiger partial charge in [0, 0.05) is 24.5 Å². The molecule has 2 unspecified atom stereocenters. The lowest BCUT2D eigenvalue weighted by Crippen LogP contribution is -2.33. The lowest BCUT2D eigenvalue weighted by molar-refractivity contribution is 0.00500. The molecule has 0 saturated carbocycles. The second kappa shape index (κ2) is 6.10. The van der Waals surface area contributed by atoms with Crippen molar-refractivity contribution < 1.29 is 4.74 Å². The Morgan fingerprint density at radius 1 is 1.53 bits per heavy atom. The molecule has 4 heteroatoms. The zero-order valence-corrected chi connectivity index (χ0v) is 10.4. The van der Waals surface area contributed by atoms with E-state index in [2.05, 4.69) is 16.5 Å². The molecule has 1 aliphatic rings. The van der Waals surface area contributed by atoms with Crippen molar-refractivity contribution in [2.24, 2.45) is 5.84 Å². The molecular formula is C13H21N3O. The maximum Gasteiger partial charge on any atom is 0.0593 e. The molecule has 1 aromatic heterocycles. The normalized spacial score (nSPS) is 22.4. The lowest BCUT2D eigenvalue weighted by Gasteiger charge is -2.26. The predicted molar refractivity (Wildman–Crippen MR) is 67.2 cm³/mol. The van der Waals surface area contributed by atoms with E-state index >= 15 is 0 Å². The molecule has 2 rings (SSSR count). The van der Waals surface area contributed by atoms with Gasteiger partial charge in [-0.05, 0) is 44.2 Å². The predicted octanol–water partition coefficient (Wildman–Crippen LogP) is 1.85. The molecule has 0 radical (unpaired) electrons. The Kier molecular flexibility index (Phi) is 4.48. The molecule has 0 aromatic carbocycles. The van der Waals surface area contributed by atoms with Crippen molar-refractivity contribution in [3.8, 4) is 0 Å². The SMILES string of the molecule is Cc1ccc(C(CC2CCCCO2)NN)cn1. The Hall–Kier alpha value is -0.970. The second-order valence-electron chi connectivity index (χ2n) is 4.68. The minimum absolute atomic E-state index is 0.131. The molecule has 1 fully saturated rings. The second-order valence-corrected chi connectivity index (χ2v) is 4.68. The number of rotatable bonds is 4. The number of aromatic nitrogens is 1. The topological polar surface area (TPSA) is 60.2 Å². The van der Waals surface area contributed by atoms with Crippen molar-refractivity contribution in [1.82, 2.24) is 10.4 Å². The van der Waals surface area contributed by atoms with Gasteiger partial charge in [0.15, 0.2) is 0 Å². The molecule has 1 saturated heterocycles.